The first kappa shape index (κ1) is 19.8. The number of anilines is 4. The molecule has 1 aliphatic heterocycles. The molecule has 0 spiro atoms. The molecule has 0 radical (unpaired) electrons. The van der Waals surface area contributed by atoms with Gasteiger partial charge in [0.15, 0.2) is 5.82 Å². The van der Waals surface area contributed by atoms with Gasteiger partial charge in [0.25, 0.3) is 0 Å². The molecule has 2 heterocycles. The normalized spacial score (nSPS) is 12.9. The number of ether oxygens (including phenoxy) is 1. The maximum absolute atomic E-state index is 6.34. The van der Waals surface area contributed by atoms with E-state index in [1.54, 1.807) is 25.1 Å². The van der Waals surface area contributed by atoms with Gasteiger partial charge in [-0.1, -0.05) is 23.7 Å². The molecule has 8 heteroatoms. The summed E-state index contributed by atoms with van der Waals surface area (Å²) in [7, 11) is 1.66. The summed E-state index contributed by atoms with van der Waals surface area (Å²) in [5.74, 6) is 1.76. The smallest absolute Gasteiger partial charge is 0.229 e. The van der Waals surface area contributed by atoms with E-state index in [2.05, 4.69) is 38.1 Å². The van der Waals surface area contributed by atoms with Crippen molar-refractivity contribution >= 4 is 46.5 Å². The highest BCUT2D eigenvalue weighted by molar-refractivity contribution is 7.98. The number of nitrogens with zero attached hydrogens (tertiary/aromatic N) is 2. The van der Waals surface area contributed by atoms with Crippen LogP contribution in [0.1, 0.15) is 11.1 Å². The third kappa shape index (κ3) is 4.42. The minimum absolute atomic E-state index is 0.450. The number of aromatic nitrogens is 2. The molecule has 0 saturated carbocycles. The van der Waals surface area contributed by atoms with Gasteiger partial charge in [0.1, 0.15) is 10.8 Å². The molecule has 4 rings (SSSR count). The van der Waals surface area contributed by atoms with Gasteiger partial charge in [0, 0.05) is 11.4 Å². The Labute approximate surface area is 179 Å². The largest absolute Gasteiger partial charge is 0.495 e. The Morgan fingerprint density at radius 1 is 1.14 bits per heavy atom. The minimum atomic E-state index is 0.450. The third-order valence-corrected chi connectivity index (χ3v) is 5.83. The highest BCUT2D eigenvalue weighted by atomic mass is 35.5. The van der Waals surface area contributed by atoms with Gasteiger partial charge >= 0.3 is 0 Å². The molecule has 0 amide bonds. The monoisotopic (exact) mass is 427 g/mol. The quantitative estimate of drug-likeness (QED) is 0.478. The van der Waals surface area contributed by atoms with Gasteiger partial charge in [-0.25, -0.2) is 4.98 Å². The van der Waals surface area contributed by atoms with Crippen molar-refractivity contribution in [1.29, 1.82) is 0 Å². The molecule has 150 valence electrons. The molecular formula is C21H22ClN5OS. The van der Waals surface area contributed by atoms with Crippen LogP contribution in [0, 0.1) is 0 Å². The van der Waals surface area contributed by atoms with Crippen molar-refractivity contribution in [3.8, 4) is 5.75 Å². The van der Waals surface area contributed by atoms with Crippen LogP contribution >= 0.6 is 23.4 Å². The van der Waals surface area contributed by atoms with Crippen LogP contribution in [-0.2, 0) is 13.0 Å². The maximum Gasteiger partial charge on any atom is 0.229 e. The Morgan fingerprint density at radius 3 is 2.83 bits per heavy atom. The molecule has 1 aliphatic rings. The highest BCUT2D eigenvalue weighted by Gasteiger charge is 2.15. The predicted octanol–water partition coefficient (Wildman–Crippen LogP) is 4.99. The zero-order valence-electron chi connectivity index (χ0n) is 16.3. The maximum atomic E-state index is 6.34. The molecule has 0 unspecified atom stereocenters. The summed E-state index contributed by atoms with van der Waals surface area (Å²) in [4.78, 5) is 10.0. The molecule has 0 aliphatic carbocycles. The van der Waals surface area contributed by atoms with Crippen LogP contribution in [0.5, 0.6) is 5.75 Å². The first-order valence-electron chi connectivity index (χ1n) is 9.28. The lowest BCUT2D eigenvalue weighted by Gasteiger charge is -2.20. The van der Waals surface area contributed by atoms with Gasteiger partial charge in [-0.05, 0) is 54.6 Å². The van der Waals surface area contributed by atoms with Gasteiger partial charge in [0.2, 0.25) is 5.95 Å². The second-order valence-electron chi connectivity index (χ2n) is 6.59. The summed E-state index contributed by atoms with van der Waals surface area (Å²) in [6.07, 6.45) is 4.61. The lowest BCUT2D eigenvalue weighted by Crippen LogP contribution is -2.23. The van der Waals surface area contributed by atoms with E-state index in [9.17, 15) is 0 Å². The first-order valence-corrected chi connectivity index (χ1v) is 10.9. The summed E-state index contributed by atoms with van der Waals surface area (Å²) >= 11 is 8.00. The van der Waals surface area contributed by atoms with Crippen molar-refractivity contribution in [2.24, 2.45) is 0 Å². The average Bonchev–Trinajstić information content (AvgIpc) is 2.76. The van der Waals surface area contributed by atoms with E-state index in [0.717, 1.165) is 41.5 Å². The van der Waals surface area contributed by atoms with Crippen LogP contribution in [0.2, 0.25) is 5.02 Å². The fourth-order valence-electron chi connectivity index (χ4n) is 3.29. The summed E-state index contributed by atoms with van der Waals surface area (Å²) in [5, 5.41) is 10.4. The second-order valence-corrected chi connectivity index (χ2v) is 7.84. The Balaban J connectivity index is 1.63. The van der Waals surface area contributed by atoms with E-state index >= 15 is 0 Å². The number of rotatable bonds is 6. The van der Waals surface area contributed by atoms with Gasteiger partial charge in [-0.3, -0.25) is 0 Å². The summed E-state index contributed by atoms with van der Waals surface area (Å²) < 4.78 is 5.57. The zero-order chi connectivity index (χ0) is 20.2. The first-order chi connectivity index (χ1) is 14.2. The molecule has 0 saturated heterocycles. The molecular weight excluding hydrogens is 406 g/mol. The predicted molar refractivity (Wildman–Crippen MR) is 120 cm³/mol. The Hall–Kier alpha value is -2.48. The number of hydrogen-bond donors (Lipinski definition) is 3. The van der Waals surface area contributed by atoms with E-state index in [-0.39, 0.29) is 0 Å². The molecule has 29 heavy (non-hydrogen) atoms. The van der Waals surface area contributed by atoms with Crippen molar-refractivity contribution in [3.63, 3.8) is 0 Å². The zero-order valence-corrected chi connectivity index (χ0v) is 17.8. The average molecular weight is 428 g/mol. The lowest BCUT2D eigenvalue weighted by molar-refractivity contribution is 0.415. The summed E-state index contributed by atoms with van der Waals surface area (Å²) in [5.41, 5.74) is 4.34. The van der Waals surface area contributed by atoms with Crippen molar-refractivity contribution in [2.75, 3.05) is 30.5 Å². The van der Waals surface area contributed by atoms with Crippen molar-refractivity contribution in [1.82, 2.24) is 15.3 Å². The number of para-hydroxylation sites is 1. The SMILES string of the molecule is COc1cc2c(cc1Nc1ncc(Cl)c(Nc3ccccc3SC)n1)CCNC2. The number of methoxy groups -OCH3 is 1. The van der Waals surface area contributed by atoms with E-state index < -0.39 is 0 Å². The van der Waals surface area contributed by atoms with Crippen molar-refractivity contribution in [3.05, 3.63) is 58.7 Å². The summed E-state index contributed by atoms with van der Waals surface area (Å²) in [6, 6.07) is 12.2. The van der Waals surface area contributed by atoms with Crippen LogP contribution in [0.4, 0.5) is 23.1 Å². The third-order valence-electron chi connectivity index (χ3n) is 4.76. The lowest BCUT2D eigenvalue weighted by atomic mass is 10.00. The van der Waals surface area contributed by atoms with Crippen molar-refractivity contribution in [2.45, 2.75) is 17.9 Å². The Kier molecular flexibility index (Phi) is 6.08. The Bertz CT molecular complexity index is 1030. The fraction of sp³-hybridized carbons (Fsp3) is 0.238. The van der Waals surface area contributed by atoms with E-state index in [0.29, 0.717) is 16.8 Å². The molecule has 0 bridgehead atoms. The van der Waals surface area contributed by atoms with Crippen LogP contribution in [0.3, 0.4) is 0 Å². The van der Waals surface area contributed by atoms with Gasteiger partial charge in [-0.15, -0.1) is 11.8 Å². The van der Waals surface area contributed by atoms with Gasteiger partial charge in [0.05, 0.1) is 24.7 Å². The molecule has 0 atom stereocenters. The van der Waals surface area contributed by atoms with E-state index in [4.69, 9.17) is 16.3 Å². The topological polar surface area (TPSA) is 71.1 Å². The standard InChI is InChI=1S/C21H22ClN5OS/c1-28-18-10-14-11-23-8-7-13(14)9-17(18)26-21-24-12-15(22)20(27-21)25-16-5-3-4-6-19(16)29-2/h3-6,9-10,12,23H,7-8,11H2,1-2H3,(H2,24,25,26,27). The number of benzene rings is 2. The number of nitrogens with one attached hydrogen (secondary N) is 3. The number of thioether (sulfide) groups is 1. The van der Waals surface area contributed by atoms with E-state index in [1.807, 2.05) is 30.5 Å². The van der Waals surface area contributed by atoms with Crippen molar-refractivity contribution < 1.29 is 4.74 Å². The molecule has 1 aromatic heterocycles. The van der Waals surface area contributed by atoms with Crippen LogP contribution in [-0.4, -0.2) is 29.9 Å². The van der Waals surface area contributed by atoms with E-state index in [1.165, 1.54) is 11.1 Å². The molecule has 0 fully saturated rings. The molecule has 6 nitrogen and oxygen atoms in total. The van der Waals surface area contributed by atoms with Crippen LogP contribution in [0.15, 0.2) is 47.5 Å². The number of fused-ring (bicyclic) bond motifs is 1. The molecule has 2 aromatic carbocycles. The minimum Gasteiger partial charge on any atom is -0.495 e. The fourth-order valence-corrected chi connectivity index (χ4v) is 3.98. The summed E-state index contributed by atoms with van der Waals surface area (Å²) in [6.45, 7) is 1.82. The highest BCUT2D eigenvalue weighted by Crippen LogP contribution is 2.33. The van der Waals surface area contributed by atoms with Gasteiger partial charge < -0.3 is 20.7 Å². The number of hydrogen-bond acceptors (Lipinski definition) is 7. The van der Waals surface area contributed by atoms with Crippen LogP contribution < -0.4 is 20.7 Å². The molecule has 3 N–H and O–H groups in total. The van der Waals surface area contributed by atoms with Crippen LogP contribution in [0.25, 0.3) is 0 Å². The Morgan fingerprint density at radius 2 is 2.00 bits per heavy atom. The second kappa shape index (κ2) is 8.90. The van der Waals surface area contributed by atoms with Gasteiger partial charge in [-0.2, -0.15) is 4.98 Å². The number of halogens is 1. The molecule has 3 aromatic rings.